The number of aromatic nitrogens is 1. The number of likely N-dealkylation sites (tertiary alicyclic amines) is 1. The summed E-state index contributed by atoms with van der Waals surface area (Å²) in [6.07, 6.45) is 3.81. The number of rotatable bonds is 4. The van der Waals surface area contributed by atoms with Gasteiger partial charge in [0.2, 0.25) is 0 Å². The largest absolute Gasteiger partial charge is 0.387 e. The standard InChI is InChI=1S/C14H19N3O3/c1-9-5-15-12(10(2)13(9)17(19)20)6-16-7-14(18,8-16)11-3-4-11/h5,11,18H,3-4,6-8H2,1-2H3. The van der Waals surface area contributed by atoms with Crippen molar-refractivity contribution in [1.82, 2.24) is 9.88 Å². The summed E-state index contributed by atoms with van der Waals surface area (Å²) in [6, 6.07) is 0. The smallest absolute Gasteiger partial charge is 0.278 e. The van der Waals surface area contributed by atoms with Crippen molar-refractivity contribution in [2.45, 2.75) is 38.8 Å². The van der Waals surface area contributed by atoms with Gasteiger partial charge in [0.05, 0.1) is 16.2 Å². The molecule has 6 nitrogen and oxygen atoms in total. The third kappa shape index (κ3) is 2.19. The van der Waals surface area contributed by atoms with Gasteiger partial charge in [0, 0.05) is 37.0 Å². The van der Waals surface area contributed by atoms with Crippen LogP contribution >= 0.6 is 0 Å². The number of aliphatic hydroxyl groups is 1. The van der Waals surface area contributed by atoms with Crippen molar-refractivity contribution in [2.24, 2.45) is 5.92 Å². The van der Waals surface area contributed by atoms with Crippen LogP contribution in [0.2, 0.25) is 0 Å². The van der Waals surface area contributed by atoms with Gasteiger partial charge >= 0.3 is 0 Å². The first-order chi connectivity index (χ1) is 9.40. The van der Waals surface area contributed by atoms with Crippen LogP contribution in [0.3, 0.4) is 0 Å². The molecule has 0 atom stereocenters. The van der Waals surface area contributed by atoms with Crippen LogP contribution in [0, 0.1) is 29.9 Å². The van der Waals surface area contributed by atoms with E-state index in [2.05, 4.69) is 9.88 Å². The highest BCUT2D eigenvalue weighted by molar-refractivity contribution is 5.47. The van der Waals surface area contributed by atoms with Crippen molar-refractivity contribution in [3.05, 3.63) is 33.1 Å². The second-order valence-electron chi connectivity index (χ2n) is 6.14. The van der Waals surface area contributed by atoms with Crippen LogP contribution in [0.1, 0.15) is 29.7 Å². The molecule has 20 heavy (non-hydrogen) atoms. The van der Waals surface area contributed by atoms with Crippen LogP contribution in [-0.4, -0.2) is 38.6 Å². The molecule has 0 bridgehead atoms. The lowest BCUT2D eigenvalue weighted by molar-refractivity contribution is -0.386. The van der Waals surface area contributed by atoms with E-state index >= 15 is 0 Å². The Bertz CT molecular complexity index is 563. The second-order valence-corrected chi connectivity index (χ2v) is 6.14. The van der Waals surface area contributed by atoms with E-state index in [1.165, 1.54) is 0 Å². The van der Waals surface area contributed by atoms with Crippen molar-refractivity contribution < 1.29 is 10.0 Å². The zero-order valence-corrected chi connectivity index (χ0v) is 11.8. The second kappa shape index (κ2) is 4.49. The van der Waals surface area contributed by atoms with Gasteiger partial charge in [-0.25, -0.2) is 0 Å². The van der Waals surface area contributed by atoms with Gasteiger partial charge in [-0.15, -0.1) is 0 Å². The van der Waals surface area contributed by atoms with E-state index in [4.69, 9.17) is 0 Å². The van der Waals surface area contributed by atoms with Gasteiger partial charge in [-0.3, -0.25) is 20.0 Å². The van der Waals surface area contributed by atoms with Crippen molar-refractivity contribution in [1.29, 1.82) is 0 Å². The summed E-state index contributed by atoms with van der Waals surface area (Å²) in [6.45, 7) is 5.33. The Balaban J connectivity index is 1.73. The molecule has 0 aromatic carbocycles. The number of nitrogens with zero attached hydrogens (tertiary/aromatic N) is 3. The third-order valence-corrected chi connectivity index (χ3v) is 4.46. The zero-order chi connectivity index (χ0) is 14.5. The molecule has 0 unspecified atom stereocenters. The van der Waals surface area contributed by atoms with Gasteiger partial charge in [-0.2, -0.15) is 0 Å². The molecule has 2 heterocycles. The van der Waals surface area contributed by atoms with Gasteiger partial charge in [0.25, 0.3) is 5.69 Å². The Morgan fingerprint density at radius 2 is 2.15 bits per heavy atom. The highest BCUT2D eigenvalue weighted by Crippen LogP contribution is 2.44. The molecule has 6 heteroatoms. The monoisotopic (exact) mass is 277 g/mol. The van der Waals surface area contributed by atoms with Crippen LogP contribution < -0.4 is 0 Å². The predicted molar refractivity (Wildman–Crippen MR) is 73.3 cm³/mol. The maximum atomic E-state index is 11.1. The van der Waals surface area contributed by atoms with Crippen LogP contribution in [0.15, 0.2) is 6.20 Å². The minimum absolute atomic E-state index is 0.160. The van der Waals surface area contributed by atoms with Crippen LogP contribution in [0.5, 0.6) is 0 Å². The summed E-state index contributed by atoms with van der Waals surface area (Å²) in [5.74, 6) is 0.458. The molecule has 1 saturated carbocycles. The van der Waals surface area contributed by atoms with E-state index < -0.39 is 5.60 Å². The normalized spacial score (nSPS) is 21.6. The Labute approximate surface area is 117 Å². The lowest BCUT2D eigenvalue weighted by atomic mass is 9.88. The van der Waals surface area contributed by atoms with Crippen LogP contribution in [-0.2, 0) is 6.54 Å². The summed E-state index contributed by atoms with van der Waals surface area (Å²) >= 11 is 0. The van der Waals surface area contributed by atoms with Gasteiger partial charge in [0.15, 0.2) is 0 Å². The van der Waals surface area contributed by atoms with Crippen molar-refractivity contribution in [3.63, 3.8) is 0 Å². The summed E-state index contributed by atoms with van der Waals surface area (Å²) in [4.78, 5) is 17.2. The van der Waals surface area contributed by atoms with E-state index in [9.17, 15) is 15.2 Å². The summed E-state index contributed by atoms with van der Waals surface area (Å²) in [5.41, 5.74) is 1.60. The van der Waals surface area contributed by atoms with Crippen LogP contribution in [0.4, 0.5) is 5.69 Å². The Hall–Kier alpha value is -1.53. The molecule has 108 valence electrons. The molecular formula is C14H19N3O3. The minimum Gasteiger partial charge on any atom is -0.387 e. The van der Waals surface area contributed by atoms with Crippen molar-refractivity contribution in [3.8, 4) is 0 Å². The zero-order valence-electron chi connectivity index (χ0n) is 11.8. The molecule has 2 aliphatic rings. The van der Waals surface area contributed by atoms with E-state index in [-0.39, 0.29) is 10.6 Å². The molecule has 1 aliphatic carbocycles. The fourth-order valence-electron chi connectivity index (χ4n) is 3.14. The van der Waals surface area contributed by atoms with Crippen molar-refractivity contribution in [2.75, 3.05) is 13.1 Å². The number of aryl methyl sites for hydroxylation is 1. The maximum absolute atomic E-state index is 11.1. The molecule has 0 radical (unpaired) electrons. The topological polar surface area (TPSA) is 79.5 Å². The fraction of sp³-hybridized carbons (Fsp3) is 0.643. The molecule has 2 fully saturated rings. The molecule has 1 aliphatic heterocycles. The van der Waals surface area contributed by atoms with E-state index in [1.54, 1.807) is 20.0 Å². The van der Waals surface area contributed by atoms with Gasteiger partial charge in [-0.1, -0.05) is 0 Å². The highest BCUT2D eigenvalue weighted by Gasteiger charge is 2.51. The Kier molecular flexibility index (Phi) is 3.02. The molecule has 1 aromatic heterocycles. The predicted octanol–water partition coefficient (Wildman–Crippen LogP) is 1.56. The quantitative estimate of drug-likeness (QED) is 0.667. The number of hydrogen-bond acceptors (Lipinski definition) is 5. The SMILES string of the molecule is Cc1cnc(CN2CC(O)(C3CC3)C2)c(C)c1[N+](=O)[O-]. The number of pyridine rings is 1. The first kappa shape index (κ1) is 13.5. The van der Waals surface area contributed by atoms with Gasteiger partial charge in [0.1, 0.15) is 0 Å². The lowest BCUT2D eigenvalue weighted by Crippen LogP contribution is -2.62. The minimum atomic E-state index is -0.523. The lowest BCUT2D eigenvalue weighted by Gasteiger charge is -2.47. The molecule has 3 rings (SSSR count). The highest BCUT2D eigenvalue weighted by atomic mass is 16.6. The first-order valence-corrected chi connectivity index (χ1v) is 6.95. The van der Waals surface area contributed by atoms with Crippen LogP contribution in [0.25, 0.3) is 0 Å². The van der Waals surface area contributed by atoms with Crippen molar-refractivity contribution >= 4 is 5.69 Å². The molecule has 1 aromatic rings. The molecule has 0 spiro atoms. The average molecular weight is 277 g/mol. The molecule has 1 saturated heterocycles. The first-order valence-electron chi connectivity index (χ1n) is 6.95. The average Bonchev–Trinajstić information content (AvgIpc) is 3.14. The van der Waals surface area contributed by atoms with Gasteiger partial charge < -0.3 is 5.11 Å². The van der Waals surface area contributed by atoms with E-state index in [1.807, 2.05) is 0 Å². The number of β-amino-alcohol motifs (C(OH)–C–C–N with tert-alkyl or cyclic N) is 1. The summed E-state index contributed by atoms with van der Waals surface area (Å²) < 4.78 is 0. The van der Waals surface area contributed by atoms with E-state index in [0.29, 0.717) is 36.7 Å². The Morgan fingerprint density at radius 3 is 2.70 bits per heavy atom. The molecule has 0 amide bonds. The third-order valence-electron chi connectivity index (χ3n) is 4.46. The number of nitro groups is 1. The summed E-state index contributed by atoms with van der Waals surface area (Å²) in [5, 5.41) is 21.4. The molecular weight excluding hydrogens is 258 g/mol. The maximum Gasteiger partial charge on any atom is 0.278 e. The Morgan fingerprint density at radius 1 is 1.50 bits per heavy atom. The van der Waals surface area contributed by atoms with E-state index in [0.717, 1.165) is 18.5 Å². The fourth-order valence-corrected chi connectivity index (χ4v) is 3.14. The number of hydrogen-bond donors (Lipinski definition) is 1. The van der Waals surface area contributed by atoms with Gasteiger partial charge in [-0.05, 0) is 32.6 Å². The summed E-state index contributed by atoms with van der Waals surface area (Å²) in [7, 11) is 0. The molecule has 1 N–H and O–H groups in total.